The highest BCUT2D eigenvalue weighted by Gasteiger charge is 2.45. The predicted octanol–water partition coefficient (Wildman–Crippen LogP) is 5.75. The number of hydrogen-bond acceptors (Lipinski definition) is 4. The summed E-state index contributed by atoms with van der Waals surface area (Å²) in [5, 5.41) is 7.79. The first-order chi connectivity index (χ1) is 17.4. The number of carboxylic acids is 1. The lowest BCUT2D eigenvalue weighted by Crippen LogP contribution is -2.60. The van der Waals surface area contributed by atoms with E-state index in [0.717, 1.165) is 63.5 Å². The number of carboxylic acid groups (broad SMARTS) is 1. The summed E-state index contributed by atoms with van der Waals surface area (Å²) in [5.41, 5.74) is 2.36. The van der Waals surface area contributed by atoms with Gasteiger partial charge in [-0.05, 0) is 54.5 Å². The van der Waals surface area contributed by atoms with Gasteiger partial charge < -0.3 is 14.7 Å². The second kappa shape index (κ2) is 12.2. The van der Waals surface area contributed by atoms with Gasteiger partial charge in [0.25, 0.3) is 5.91 Å². The molecular formula is C27H32ClF3N2O4. The zero-order chi connectivity index (χ0) is 27.2. The van der Waals surface area contributed by atoms with Crippen molar-refractivity contribution in [2.24, 2.45) is 11.3 Å². The van der Waals surface area contributed by atoms with Crippen molar-refractivity contribution in [3.8, 4) is 5.75 Å². The Morgan fingerprint density at radius 1 is 1.05 bits per heavy atom. The lowest BCUT2D eigenvalue weighted by atomic mass is 9.71. The molecule has 6 nitrogen and oxygen atoms in total. The van der Waals surface area contributed by atoms with Crippen LogP contribution >= 0.6 is 11.6 Å². The number of halogens is 4. The molecule has 0 radical (unpaired) electrons. The van der Waals surface area contributed by atoms with Gasteiger partial charge in [0, 0.05) is 48.9 Å². The van der Waals surface area contributed by atoms with Gasteiger partial charge in [-0.3, -0.25) is 9.69 Å². The Balaban J connectivity index is 0.000000479. The van der Waals surface area contributed by atoms with Gasteiger partial charge in [0.05, 0.1) is 6.61 Å². The van der Waals surface area contributed by atoms with Gasteiger partial charge in [0.15, 0.2) is 0 Å². The van der Waals surface area contributed by atoms with Gasteiger partial charge in [-0.25, -0.2) is 4.79 Å². The number of nitrogens with zero attached hydrogens (tertiary/aromatic N) is 2. The number of likely N-dealkylation sites (tertiary alicyclic amines) is 2. The van der Waals surface area contributed by atoms with Crippen LogP contribution in [0.2, 0.25) is 5.02 Å². The molecule has 2 aromatic rings. The fourth-order valence-corrected chi connectivity index (χ4v) is 4.69. The topological polar surface area (TPSA) is 70.1 Å². The fourth-order valence-electron chi connectivity index (χ4n) is 4.56. The maximum atomic E-state index is 12.7. The third-order valence-corrected chi connectivity index (χ3v) is 6.75. The van der Waals surface area contributed by atoms with Gasteiger partial charge in [-0.15, -0.1) is 0 Å². The zero-order valence-electron chi connectivity index (χ0n) is 20.9. The van der Waals surface area contributed by atoms with E-state index in [2.05, 4.69) is 36.9 Å². The summed E-state index contributed by atoms with van der Waals surface area (Å²) in [6, 6.07) is 15.6. The quantitative estimate of drug-likeness (QED) is 0.505. The molecule has 4 rings (SSSR count). The Kier molecular flexibility index (Phi) is 9.47. The maximum Gasteiger partial charge on any atom is 0.490 e. The molecule has 37 heavy (non-hydrogen) atoms. The minimum Gasteiger partial charge on any atom is -0.493 e. The number of alkyl halides is 3. The van der Waals surface area contributed by atoms with Crippen molar-refractivity contribution >= 4 is 23.5 Å². The van der Waals surface area contributed by atoms with E-state index in [1.165, 1.54) is 5.56 Å². The van der Waals surface area contributed by atoms with Crippen LogP contribution in [0.25, 0.3) is 0 Å². The summed E-state index contributed by atoms with van der Waals surface area (Å²) in [6.07, 6.45) is -2.93. The molecule has 0 bridgehead atoms. The summed E-state index contributed by atoms with van der Waals surface area (Å²) >= 11 is 5.94. The molecule has 1 amide bonds. The van der Waals surface area contributed by atoms with Crippen LogP contribution in [0.1, 0.15) is 42.6 Å². The number of hydrogen-bond donors (Lipinski definition) is 1. The summed E-state index contributed by atoms with van der Waals surface area (Å²) in [6.45, 7) is 9.91. The predicted molar refractivity (Wildman–Crippen MR) is 135 cm³/mol. The number of carbonyl (C=O) groups is 2. The van der Waals surface area contributed by atoms with Crippen molar-refractivity contribution in [3.05, 3.63) is 64.7 Å². The summed E-state index contributed by atoms with van der Waals surface area (Å²) in [7, 11) is 0. The third-order valence-electron chi connectivity index (χ3n) is 6.50. The first-order valence-corrected chi connectivity index (χ1v) is 12.5. The lowest BCUT2D eigenvalue weighted by molar-refractivity contribution is -0.192. The van der Waals surface area contributed by atoms with E-state index in [9.17, 15) is 18.0 Å². The second-order valence-electron chi connectivity index (χ2n) is 10.1. The van der Waals surface area contributed by atoms with E-state index in [4.69, 9.17) is 26.2 Å². The first kappa shape index (κ1) is 28.8. The number of amides is 1. The molecule has 1 spiro atoms. The van der Waals surface area contributed by atoms with E-state index in [1.807, 2.05) is 23.1 Å². The van der Waals surface area contributed by atoms with Gasteiger partial charge in [0.2, 0.25) is 0 Å². The monoisotopic (exact) mass is 540 g/mol. The van der Waals surface area contributed by atoms with Crippen molar-refractivity contribution in [2.45, 2.75) is 39.4 Å². The molecule has 0 atom stereocenters. The van der Waals surface area contributed by atoms with Crippen LogP contribution in [0.3, 0.4) is 0 Å². The number of piperidine rings is 1. The molecule has 2 aromatic carbocycles. The van der Waals surface area contributed by atoms with E-state index in [1.54, 1.807) is 12.1 Å². The molecule has 0 unspecified atom stereocenters. The van der Waals surface area contributed by atoms with Gasteiger partial charge >= 0.3 is 12.1 Å². The van der Waals surface area contributed by atoms with Crippen LogP contribution in [0, 0.1) is 11.3 Å². The van der Waals surface area contributed by atoms with Crippen molar-refractivity contribution in [2.75, 3.05) is 32.8 Å². The number of rotatable bonds is 6. The lowest BCUT2D eigenvalue weighted by Gasteiger charge is -2.54. The van der Waals surface area contributed by atoms with Gasteiger partial charge in [-0.1, -0.05) is 43.6 Å². The highest BCUT2D eigenvalue weighted by molar-refractivity contribution is 6.30. The number of aliphatic carboxylic acids is 1. The van der Waals surface area contributed by atoms with Gasteiger partial charge in [-0.2, -0.15) is 13.2 Å². The van der Waals surface area contributed by atoms with Crippen LogP contribution < -0.4 is 4.74 Å². The van der Waals surface area contributed by atoms with E-state index < -0.39 is 12.1 Å². The standard InChI is InChI=1S/C25H31ClN2O2.C2HF3O2/c1-19(2)16-30-23-6-4-3-5-21(23)15-27-17-25(18-27)11-13-28(14-12-25)24(29)20-7-9-22(26)10-8-20;3-2(4,5)1(6)7/h3-10,19H,11-18H2,1-2H3;(H,6,7). The fraction of sp³-hybridized carbons (Fsp3) is 0.481. The Hall–Kier alpha value is -2.78. The van der Waals surface area contributed by atoms with Crippen LogP contribution in [-0.2, 0) is 11.3 Å². The van der Waals surface area contributed by atoms with Crippen molar-refractivity contribution < 1.29 is 32.6 Å². The first-order valence-electron chi connectivity index (χ1n) is 12.2. The zero-order valence-corrected chi connectivity index (χ0v) is 21.7. The Labute approximate surface area is 220 Å². The van der Waals surface area contributed by atoms with Crippen molar-refractivity contribution in [1.82, 2.24) is 9.80 Å². The number of ether oxygens (including phenoxy) is 1. The summed E-state index contributed by atoms with van der Waals surface area (Å²) < 4.78 is 37.8. The molecule has 2 fully saturated rings. The van der Waals surface area contributed by atoms with Crippen LogP contribution in [0.15, 0.2) is 48.5 Å². The van der Waals surface area contributed by atoms with Crippen LogP contribution in [0.4, 0.5) is 13.2 Å². The number of benzene rings is 2. The molecule has 2 saturated heterocycles. The highest BCUT2D eigenvalue weighted by atomic mass is 35.5. The molecule has 2 aliphatic heterocycles. The summed E-state index contributed by atoms with van der Waals surface area (Å²) in [4.78, 5) is 26.1. The normalized spacial score (nSPS) is 17.1. The Morgan fingerprint density at radius 3 is 2.16 bits per heavy atom. The van der Waals surface area contributed by atoms with Gasteiger partial charge in [0.1, 0.15) is 5.75 Å². The molecule has 1 N–H and O–H groups in total. The molecule has 2 heterocycles. The smallest absolute Gasteiger partial charge is 0.490 e. The number of carbonyl (C=O) groups excluding carboxylic acids is 1. The SMILES string of the molecule is CC(C)COc1ccccc1CN1CC2(CCN(C(=O)c3ccc(Cl)cc3)CC2)C1.O=C(O)C(F)(F)F. The Bertz CT molecular complexity index is 1060. The molecule has 0 saturated carbocycles. The average Bonchev–Trinajstić information content (AvgIpc) is 2.83. The van der Waals surface area contributed by atoms with Crippen LogP contribution in [-0.4, -0.2) is 65.7 Å². The van der Waals surface area contributed by atoms with E-state index in [0.29, 0.717) is 16.4 Å². The maximum absolute atomic E-state index is 12.7. The minimum absolute atomic E-state index is 0.119. The third kappa shape index (κ3) is 8.10. The Morgan fingerprint density at radius 2 is 1.62 bits per heavy atom. The molecule has 0 aliphatic carbocycles. The van der Waals surface area contributed by atoms with Crippen molar-refractivity contribution in [1.29, 1.82) is 0 Å². The van der Waals surface area contributed by atoms with E-state index in [-0.39, 0.29) is 5.91 Å². The molecule has 202 valence electrons. The second-order valence-corrected chi connectivity index (χ2v) is 10.5. The van der Waals surface area contributed by atoms with Crippen LogP contribution in [0.5, 0.6) is 5.75 Å². The number of para-hydroxylation sites is 1. The highest BCUT2D eigenvalue weighted by Crippen LogP contribution is 2.41. The minimum atomic E-state index is -5.08. The molecule has 0 aromatic heterocycles. The van der Waals surface area contributed by atoms with Crippen molar-refractivity contribution in [3.63, 3.8) is 0 Å². The van der Waals surface area contributed by atoms with E-state index >= 15 is 0 Å². The average molecular weight is 541 g/mol. The molecular weight excluding hydrogens is 509 g/mol. The largest absolute Gasteiger partial charge is 0.493 e. The summed E-state index contributed by atoms with van der Waals surface area (Å²) in [5.74, 6) is -1.11. The molecule has 2 aliphatic rings. The molecule has 10 heteroatoms.